The van der Waals surface area contributed by atoms with Crippen molar-refractivity contribution < 1.29 is 0 Å². The van der Waals surface area contributed by atoms with Crippen molar-refractivity contribution in [3.8, 4) is 6.07 Å². The zero-order valence-corrected chi connectivity index (χ0v) is 9.85. The molecule has 86 valence electrons. The van der Waals surface area contributed by atoms with E-state index >= 15 is 0 Å². The molecule has 0 aromatic carbocycles. The van der Waals surface area contributed by atoms with Crippen LogP contribution in [-0.2, 0) is 0 Å². The predicted molar refractivity (Wildman–Crippen MR) is 61.7 cm³/mol. The molecule has 2 atom stereocenters. The molecule has 1 fully saturated rings. The van der Waals surface area contributed by atoms with Gasteiger partial charge in [-0.1, -0.05) is 6.92 Å². The largest absolute Gasteiger partial charge is 0.329 e. The standard InChI is InChI=1S/C12H18N4/c1-3-9(2)15-11(6-13)12-7-14-8-16(12)10-4-5-10/h7-11,15H,3-5H2,1-2H3. The van der Waals surface area contributed by atoms with Crippen LogP contribution in [0.15, 0.2) is 12.5 Å². The van der Waals surface area contributed by atoms with Crippen molar-refractivity contribution in [1.82, 2.24) is 14.9 Å². The summed E-state index contributed by atoms with van der Waals surface area (Å²) < 4.78 is 2.14. The monoisotopic (exact) mass is 218 g/mol. The van der Waals surface area contributed by atoms with E-state index in [0.29, 0.717) is 12.1 Å². The summed E-state index contributed by atoms with van der Waals surface area (Å²) in [6.07, 6.45) is 7.10. The Kier molecular flexibility index (Phi) is 3.25. The molecule has 1 aromatic rings. The maximum atomic E-state index is 9.22. The fraction of sp³-hybridized carbons (Fsp3) is 0.667. The van der Waals surface area contributed by atoms with Crippen molar-refractivity contribution in [2.24, 2.45) is 0 Å². The van der Waals surface area contributed by atoms with Gasteiger partial charge in [-0.25, -0.2) is 4.98 Å². The minimum Gasteiger partial charge on any atom is -0.329 e. The van der Waals surface area contributed by atoms with Crippen LogP contribution in [0.1, 0.15) is 50.9 Å². The Morgan fingerprint density at radius 2 is 2.44 bits per heavy atom. The number of hydrogen-bond acceptors (Lipinski definition) is 3. The van der Waals surface area contributed by atoms with E-state index in [-0.39, 0.29) is 6.04 Å². The van der Waals surface area contributed by atoms with Gasteiger partial charge in [0.25, 0.3) is 0 Å². The number of nitriles is 1. The van der Waals surface area contributed by atoms with Crippen LogP contribution in [0.2, 0.25) is 0 Å². The summed E-state index contributed by atoms with van der Waals surface area (Å²) in [7, 11) is 0. The number of imidazole rings is 1. The van der Waals surface area contributed by atoms with Gasteiger partial charge in [-0.15, -0.1) is 0 Å². The summed E-state index contributed by atoms with van der Waals surface area (Å²) in [5.74, 6) is 0. The van der Waals surface area contributed by atoms with Crippen molar-refractivity contribution in [2.45, 2.75) is 51.2 Å². The molecule has 0 radical (unpaired) electrons. The van der Waals surface area contributed by atoms with Gasteiger partial charge in [0.15, 0.2) is 0 Å². The Hall–Kier alpha value is -1.34. The highest BCUT2D eigenvalue weighted by Gasteiger charge is 2.28. The van der Waals surface area contributed by atoms with Crippen molar-refractivity contribution in [2.75, 3.05) is 0 Å². The van der Waals surface area contributed by atoms with Gasteiger partial charge in [-0.05, 0) is 26.2 Å². The van der Waals surface area contributed by atoms with Gasteiger partial charge in [-0.3, -0.25) is 5.32 Å². The number of nitrogens with zero attached hydrogens (tertiary/aromatic N) is 3. The third-order valence-corrected chi connectivity index (χ3v) is 3.12. The zero-order chi connectivity index (χ0) is 11.5. The third-order valence-electron chi connectivity index (χ3n) is 3.12. The molecular weight excluding hydrogens is 200 g/mol. The number of hydrogen-bond donors (Lipinski definition) is 1. The van der Waals surface area contributed by atoms with Crippen molar-refractivity contribution in [3.05, 3.63) is 18.2 Å². The van der Waals surface area contributed by atoms with Gasteiger partial charge in [0, 0.05) is 12.1 Å². The number of rotatable bonds is 5. The lowest BCUT2D eigenvalue weighted by Gasteiger charge is -2.18. The molecule has 0 amide bonds. The van der Waals surface area contributed by atoms with Crippen LogP contribution >= 0.6 is 0 Å². The maximum absolute atomic E-state index is 9.22. The van der Waals surface area contributed by atoms with Crippen LogP contribution in [0, 0.1) is 11.3 Å². The fourth-order valence-corrected chi connectivity index (χ4v) is 1.79. The predicted octanol–water partition coefficient (Wildman–Crippen LogP) is 2.17. The lowest BCUT2D eigenvalue weighted by Crippen LogP contribution is -2.30. The van der Waals surface area contributed by atoms with E-state index in [9.17, 15) is 5.26 Å². The van der Waals surface area contributed by atoms with E-state index in [1.54, 1.807) is 0 Å². The zero-order valence-electron chi connectivity index (χ0n) is 9.85. The first-order valence-electron chi connectivity index (χ1n) is 5.93. The molecule has 1 aliphatic rings. The van der Waals surface area contributed by atoms with Gasteiger partial charge < -0.3 is 4.57 Å². The smallest absolute Gasteiger partial charge is 0.138 e. The van der Waals surface area contributed by atoms with E-state index in [0.717, 1.165) is 12.1 Å². The molecule has 4 nitrogen and oxygen atoms in total. The van der Waals surface area contributed by atoms with E-state index in [2.05, 4.69) is 34.8 Å². The Morgan fingerprint density at radius 3 is 3.00 bits per heavy atom. The van der Waals surface area contributed by atoms with Crippen molar-refractivity contribution in [1.29, 1.82) is 5.26 Å². The average Bonchev–Trinajstić information content (AvgIpc) is 3.04. The Labute approximate surface area is 96.3 Å². The molecule has 1 heterocycles. The van der Waals surface area contributed by atoms with E-state index < -0.39 is 0 Å². The fourth-order valence-electron chi connectivity index (χ4n) is 1.79. The van der Waals surface area contributed by atoms with Crippen molar-refractivity contribution >= 4 is 0 Å². The molecule has 1 aliphatic carbocycles. The lowest BCUT2D eigenvalue weighted by atomic mass is 10.2. The van der Waals surface area contributed by atoms with Gasteiger partial charge in [0.1, 0.15) is 6.04 Å². The van der Waals surface area contributed by atoms with Crippen molar-refractivity contribution in [3.63, 3.8) is 0 Å². The summed E-state index contributed by atoms with van der Waals surface area (Å²) in [5.41, 5.74) is 1.00. The molecule has 0 bridgehead atoms. The van der Waals surface area contributed by atoms with Crippen LogP contribution in [-0.4, -0.2) is 15.6 Å². The molecule has 4 heteroatoms. The summed E-state index contributed by atoms with van der Waals surface area (Å²) in [6.45, 7) is 4.21. The summed E-state index contributed by atoms with van der Waals surface area (Å²) in [4.78, 5) is 4.16. The van der Waals surface area contributed by atoms with E-state index in [4.69, 9.17) is 0 Å². The number of aromatic nitrogens is 2. The second kappa shape index (κ2) is 4.67. The van der Waals surface area contributed by atoms with Crippen LogP contribution in [0.5, 0.6) is 0 Å². The first-order chi connectivity index (χ1) is 7.76. The normalized spacial score (nSPS) is 19.1. The molecule has 1 aromatic heterocycles. The van der Waals surface area contributed by atoms with Crippen LogP contribution < -0.4 is 5.32 Å². The molecule has 0 saturated heterocycles. The summed E-state index contributed by atoms with van der Waals surface area (Å²) >= 11 is 0. The Balaban J connectivity index is 2.13. The van der Waals surface area contributed by atoms with E-state index in [1.807, 2.05) is 12.5 Å². The Bertz CT molecular complexity index is 386. The Morgan fingerprint density at radius 1 is 1.69 bits per heavy atom. The van der Waals surface area contributed by atoms with Crippen LogP contribution in [0.25, 0.3) is 0 Å². The van der Waals surface area contributed by atoms with Gasteiger partial charge >= 0.3 is 0 Å². The highest BCUT2D eigenvalue weighted by atomic mass is 15.1. The van der Waals surface area contributed by atoms with Gasteiger partial charge in [0.05, 0.1) is 24.3 Å². The minimum absolute atomic E-state index is 0.238. The quantitative estimate of drug-likeness (QED) is 0.824. The third kappa shape index (κ3) is 2.25. The maximum Gasteiger partial charge on any atom is 0.138 e. The number of nitrogens with one attached hydrogen (secondary N) is 1. The molecule has 0 aliphatic heterocycles. The highest BCUT2D eigenvalue weighted by Crippen LogP contribution is 2.36. The van der Waals surface area contributed by atoms with Gasteiger partial charge in [0.2, 0.25) is 0 Å². The van der Waals surface area contributed by atoms with E-state index in [1.165, 1.54) is 12.8 Å². The summed E-state index contributed by atoms with van der Waals surface area (Å²) in [6, 6.07) is 3.01. The van der Waals surface area contributed by atoms with Crippen LogP contribution in [0.3, 0.4) is 0 Å². The molecule has 16 heavy (non-hydrogen) atoms. The SMILES string of the molecule is CCC(C)NC(C#N)c1cncn1C1CC1. The first-order valence-corrected chi connectivity index (χ1v) is 5.93. The first kappa shape index (κ1) is 11.2. The second-order valence-corrected chi connectivity index (χ2v) is 4.50. The minimum atomic E-state index is -0.238. The topological polar surface area (TPSA) is 53.6 Å². The average molecular weight is 218 g/mol. The van der Waals surface area contributed by atoms with Gasteiger partial charge in [-0.2, -0.15) is 5.26 Å². The molecule has 2 unspecified atom stereocenters. The molecule has 1 N–H and O–H groups in total. The molecule has 2 rings (SSSR count). The second-order valence-electron chi connectivity index (χ2n) is 4.50. The lowest BCUT2D eigenvalue weighted by molar-refractivity contribution is 0.481. The molecule has 1 saturated carbocycles. The summed E-state index contributed by atoms with van der Waals surface area (Å²) in [5, 5.41) is 12.5. The van der Waals surface area contributed by atoms with Crippen LogP contribution in [0.4, 0.5) is 0 Å². The molecule has 0 spiro atoms. The highest BCUT2D eigenvalue weighted by molar-refractivity contribution is 5.16. The molecular formula is C12H18N4.